The van der Waals surface area contributed by atoms with Gasteiger partial charge in [0.2, 0.25) is 0 Å². The Morgan fingerprint density at radius 1 is 0.800 bits per heavy atom. The van der Waals surface area contributed by atoms with Gasteiger partial charge in [0.05, 0.1) is 25.4 Å². The van der Waals surface area contributed by atoms with Gasteiger partial charge >= 0.3 is 17.9 Å². The highest BCUT2D eigenvalue weighted by atomic mass is 16.8. The van der Waals surface area contributed by atoms with Crippen LogP contribution < -0.4 is 9.47 Å². The normalized spacial score (nSPS) is 45.2. The van der Waals surface area contributed by atoms with Crippen LogP contribution in [0.1, 0.15) is 123 Å². The molecule has 3 heterocycles. The van der Waals surface area contributed by atoms with Crippen molar-refractivity contribution in [1.82, 2.24) is 4.90 Å². The molecule has 14 nitrogen and oxygen atoms in total. The van der Waals surface area contributed by atoms with Crippen LogP contribution in [0.15, 0.2) is 18.2 Å². The second kappa shape index (κ2) is 14.5. The summed E-state index contributed by atoms with van der Waals surface area (Å²) in [4.78, 5) is 43.7. The molecule has 3 aliphatic heterocycles. The molecule has 14 atom stereocenters. The number of benzene rings is 1. The standard InChI is InChI=1S/C46H67NO13/c1-25(2)18-37(48)57-35-16-17-40(6)31-13-14-32-42(52)21-36(58-38(49)19-26(3)4)45(54)33(23-47-22-27(5)10-15-34(47)41(45,7)51)43(42,53)24-44(32,40)60-46(31,35)59-39(50)28-11-12-29(55-8)30(20-28)56-9/h11-12,20,25-27,31-36,51-54H,10,13-19,21-24H2,1-9H3/t27-,31?,32-,33-,34-,35?,36?,40-,41+,42+,43+,44?,45-,46?/m0/s1. The molecule has 4 saturated carbocycles. The molecule has 7 aliphatic rings. The van der Waals surface area contributed by atoms with Crippen molar-refractivity contribution in [3.63, 3.8) is 0 Å². The molecule has 0 aromatic heterocycles. The molecule has 8 rings (SSSR count). The molecule has 7 fully saturated rings. The van der Waals surface area contributed by atoms with E-state index in [-0.39, 0.29) is 62.0 Å². The number of methoxy groups -OCH3 is 2. The Morgan fingerprint density at radius 2 is 1.43 bits per heavy atom. The van der Waals surface area contributed by atoms with Gasteiger partial charge in [-0.3, -0.25) is 14.5 Å². The summed E-state index contributed by atoms with van der Waals surface area (Å²) in [5.41, 5.74) is -10.1. The molecule has 1 spiro atoms. The highest BCUT2D eigenvalue weighted by Crippen LogP contribution is 2.79. The van der Waals surface area contributed by atoms with Crippen molar-refractivity contribution >= 4 is 17.9 Å². The molecule has 0 amide bonds. The zero-order valence-electron chi connectivity index (χ0n) is 36.8. The van der Waals surface area contributed by atoms with Crippen LogP contribution >= 0.6 is 0 Å². The van der Waals surface area contributed by atoms with E-state index in [0.29, 0.717) is 43.7 Å². The molecule has 5 unspecified atom stereocenters. The molecular weight excluding hydrogens is 774 g/mol. The van der Waals surface area contributed by atoms with Crippen molar-refractivity contribution in [2.45, 2.75) is 165 Å². The van der Waals surface area contributed by atoms with E-state index < -0.39 is 93.1 Å². The third-order valence-electron chi connectivity index (χ3n) is 16.6. The summed E-state index contributed by atoms with van der Waals surface area (Å²) < 4.78 is 37.5. The zero-order valence-corrected chi connectivity index (χ0v) is 36.8. The van der Waals surface area contributed by atoms with Crippen LogP contribution in [0, 0.1) is 40.9 Å². The molecule has 4 aliphatic carbocycles. The van der Waals surface area contributed by atoms with Crippen LogP contribution in [-0.4, -0.2) is 123 Å². The number of rotatable bonds is 10. The van der Waals surface area contributed by atoms with Gasteiger partial charge in [0.1, 0.15) is 28.5 Å². The fourth-order valence-corrected chi connectivity index (χ4v) is 13.9. The molecule has 3 saturated heterocycles. The predicted octanol–water partition coefficient (Wildman–Crippen LogP) is 4.55. The number of carbonyl (C=O) groups is 3. The van der Waals surface area contributed by atoms with E-state index in [2.05, 4.69) is 18.7 Å². The Labute approximate surface area is 353 Å². The van der Waals surface area contributed by atoms with Crippen LogP contribution in [0.25, 0.3) is 0 Å². The molecule has 0 radical (unpaired) electrons. The maximum absolute atomic E-state index is 14.5. The SMILES string of the molecule is COc1ccc(C(=O)OC23OC45C[C@@]6(O)[C@@H]7CN8C[C@@H](C)CC[C@H]8[C@@](C)(O)[C@@]7(O)C(OC(=O)CC(C)C)C[C@@]6(O)[C@@H]4CCC2[C@]5(C)CCC3OC(=O)CC(C)C)cc1OC. The lowest BCUT2D eigenvalue weighted by atomic mass is 9.48. The minimum atomic E-state index is -2.16. The van der Waals surface area contributed by atoms with Crippen molar-refractivity contribution in [2.24, 2.45) is 40.9 Å². The predicted molar refractivity (Wildman–Crippen MR) is 216 cm³/mol. The molecular formula is C46H67NO13. The van der Waals surface area contributed by atoms with Crippen molar-refractivity contribution in [3.8, 4) is 11.5 Å². The summed E-state index contributed by atoms with van der Waals surface area (Å²) in [6, 6.07) is 4.20. The maximum Gasteiger partial charge on any atom is 0.340 e. The van der Waals surface area contributed by atoms with Gasteiger partial charge in [-0.15, -0.1) is 0 Å². The Balaban J connectivity index is 1.26. The summed E-state index contributed by atoms with van der Waals surface area (Å²) in [5, 5.41) is 53.3. The average Bonchev–Trinajstić information content (AvgIpc) is 3.34. The van der Waals surface area contributed by atoms with E-state index in [4.69, 9.17) is 28.4 Å². The first-order valence-corrected chi connectivity index (χ1v) is 22.2. The van der Waals surface area contributed by atoms with Gasteiger partial charge in [0.15, 0.2) is 17.6 Å². The van der Waals surface area contributed by atoms with Gasteiger partial charge in [-0.2, -0.15) is 0 Å². The number of aliphatic hydroxyl groups is 4. The first kappa shape index (κ1) is 43.6. The highest BCUT2D eigenvalue weighted by Gasteiger charge is 2.90. The van der Waals surface area contributed by atoms with Crippen LogP contribution in [0.3, 0.4) is 0 Å². The van der Waals surface area contributed by atoms with Crippen molar-refractivity contribution in [2.75, 3.05) is 27.3 Å². The minimum absolute atomic E-state index is 0.00120. The quantitative estimate of drug-likeness (QED) is 0.190. The topological polar surface area (TPSA) is 191 Å². The van der Waals surface area contributed by atoms with Gasteiger partial charge in [-0.25, -0.2) is 4.79 Å². The van der Waals surface area contributed by atoms with Gasteiger partial charge < -0.3 is 48.8 Å². The second-order valence-electron chi connectivity index (χ2n) is 20.9. The maximum atomic E-state index is 14.5. The van der Waals surface area contributed by atoms with Crippen molar-refractivity contribution in [3.05, 3.63) is 23.8 Å². The third kappa shape index (κ3) is 5.89. The summed E-state index contributed by atoms with van der Waals surface area (Å²) in [7, 11) is 2.96. The smallest absolute Gasteiger partial charge is 0.340 e. The molecule has 1 aromatic carbocycles. The lowest BCUT2D eigenvalue weighted by Gasteiger charge is -2.68. The number of esters is 3. The number of carbonyl (C=O) groups excluding carboxylic acids is 3. The molecule has 4 bridgehead atoms. The number of ether oxygens (including phenoxy) is 6. The van der Waals surface area contributed by atoms with E-state index in [9.17, 15) is 34.8 Å². The summed E-state index contributed by atoms with van der Waals surface area (Å²) in [5.74, 6) is -5.09. The Kier molecular flexibility index (Phi) is 10.6. The third-order valence-corrected chi connectivity index (χ3v) is 16.6. The number of piperidine rings is 2. The summed E-state index contributed by atoms with van der Waals surface area (Å²) in [6.07, 6.45) is 0.203. The molecule has 14 heteroatoms. The minimum Gasteiger partial charge on any atom is -0.493 e. The zero-order chi connectivity index (χ0) is 43.6. The van der Waals surface area contributed by atoms with E-state index >= 15 is 0 Å². The number of fused-ring (bicyclic) bond motifs is 5. The summed E-state index contributed by atoms with van der Waals surface area (Å²) >= 11 is 0. The molecule has 4 N–H and O–H groups in total. The fraction of sp³-hybridized carbons (Fsp3) is 0.804. The number of hydrogen-bond donors (Lipinski definition) is 4. The first-order valence-electron chi connectivity index (χ1n) is 22.2. The van der Waals surface area contributed by atoms with Crippen LogP contribution in [0.4, 0.5) is 0 Å². The van der Waals surface area contributed by atoms with Gasteiger partial charge in [0.25, 0.3) is 5.79 Å². The van der Waals surface area contributed by atoms with Crippen LogP contribution in [-0.2, 0) is 28.5 Å². The van der Waals surface area contributed by atoms with Gasteiger partial charge in [-0.05, 0) is 81.4 Å². The Morgan fingerprint density at radius 3 is 2.07 bits per heavy atom. The van der Waals surface area contributed by atoms with Gasteiger partial charge in [-0.1, -0.05) is 41.5 Å². The Bertz CT molecular complexity index is 1890. The molecule has 60 heavy (non-hydrogen) atoms. The highest BCUT2D eigenvalue weighted by molar-refractivity contribution is 5.90. The average molecular weight is 842 g/mol. The second-order valence-corrected chi connectivity index (χ2v) is 20.9. The molecule has 1 aromatic rings. The van der Waals surface area contributed by atoms with Crippen LogP contribution in [0.5, 0.6) is 11.5 Å². The first-order chi connectivity index (χ1) is 28.1. The van der Waals surface area contributed by atoms with E-state index in [1.54, 1.807) is 19.1 Å². The molecule has 334 valence electrons. The monoisotopic (exact) mass is 841 g/mol. The fourth-order valence-electron chi connectivity index (χ4n) is 13.9. The van der Waals surface area contributed by atoms with Crippen molar-refractivity contribution in [1.29, 1.82) is 0 Å². The lowest BCUT2D eigenvalue weighted by molar-refractivity contribution is -0.355. The van der Waals surface area contributed by atoms with Crippen LogP contribution in [0.2, 0.25) is 0 Å². The van der Waals surface area contributed by atoms with Crippen molar-refractivity contribution < 1.29 is 63.2 Å². The van der Waals surface area contributed by atoms with E-state index in [1.807, 2.05) is 27.7 Å². The number of nitrogens with zero attached hydrogens (tertiary/aromatic N) is 1. The van der Waals surface area contributed by atoms with E-state index in [1.165, 1.54) is 20.3 Å². The number of hydrogen-bond acceptors (Lipinski definition) is 14. The van der Waals surface area contributed by atoms with Gasteiger partial charge in [0, 0.05) is 68.0 Å². The summed E-state index contributed by atoms with van der Waals surface area (Å²) in [6.45, 7) is 14.1. The lowest BCUT2D eigenvalue weighted by Crippen LogP contribution is -2.85. The largest absolute Gasteiger partial charge is 0.493 e. The van der Waals surface area contributed by atoms with E-state index in [0.717, 1.165) is 6.42 Å². The Hall–Kier alpha value is -3.01.